The van der Waals surface area contributed by atoms with Gasteiger partial charge in [-0.25, -0.2) is 4.98 Å². The second-order valence-corrected chi connectivity index (χ2v) is 10.6. The number of primary amides is 1. The lowest BCUT2D eigenvalue weighted by atomic mass is 9.91. The van der Waals surface area contributed by atoms with Gasteiger partial charge in [-0.05, 0) is 60.8 Å². The van der Waals surface area contributed by atoms with Crippen LogP contribution in [0.2, 0.25) is 0 Å². The van der Waals surface area contributed by atoms with E-state index in [1.807, 2.05) is 0 Å². The highest BCUT2D eigenvalue weighted by molar-refractivity contribution is 9.10. The van der Waals surface area contributed by atoms with Crippen LogP contribution in [0.5, 0.6) is 0 Å². The maximum atomic E-state index is 12.4. The normalized spacial score (nSPS) is 13.1. The lowest BCUT2D eigenvalue weighted by molar-refractivity contribution is -0.143. The predicted octanol–water partition coefficient (Wildman–Crippen LogP) is 2.28. The molecule has 0 bridgehead atoms. The number of imide groups is 1. The van der Waals surface area contributed by atoms with Crippen LogP contribution in [0.3, 0.4) is 0 Å². The average Bonchev–Trinajstić information content (AvgIpc) is 3.34. The van der Waals surface area contributed by atoms with Crippen molar-refractivity contribution in [2.24, 2.45) is 11.1 Å². The van der Waals surface area contributed by atoms with Gasteiger partial charge in [-0.3, -0.25) is 28.9 Å². The van der Waals surface area contributed by atoms with E-state index in [1.54, 1.807) is 30.5 Å². The topological polar surface area (TPSA) is 189 Å². The number of halogens is 1. The highest BCUT2D eigenvalue weighted by Crippen LogP contribution is 2.23. The Morgan fingerprint density at radius 2 is 1.88 bits per heavy atom. The second kappa shape index (κ2) is 13.8. The number of nitrogens with two attached hydrogens (primary N) is 1. The van der Waals surface area contributed by atoms with Gasteiger partial charge < -0.3 is 27.0 Å². The number of carbonyl (C=O) groups excluding carboxylic acids is 5. The Morgan fingerprint density at radius 3 is 2.58 bits per heavy atom. The van der Waals surface area contributed by atoms with Gasteiger partial charge in [0.2, 0.25) is 35.5 Å². The van der Waals surface area contributed by atoms with Crippen molar-refractivity contribution in [2.75, 3.05) is 35.6 Å². The van der Waals surface area contributed by atoms with Crippen molar-refractivity contribution in [1.82, 2.24) is 20.2 Å². The molecule has 3 rings (SSSR count). The van der Waals surface area contributed by atoms with E-state index in [4.69, 9.17) is 5.73 Å². The number of rotatable bonds is 13. The van der Waals surface area contributed by atoms with Crippen LogP contribution in [-0.2, 0) is 24.0 Å². The number of hydrogen-bond acceptors (Lipinski definition) is 9. The number of nitrogens with zero attached hydrogens (tertiary/aromatic N) is 3. The lowest BCUT2D eigenvalue weighted by Gasteiger charge is -2.19. The first-order valence-electron chi connectivity index (χ1n) is 12.8. The summed E-state index contributed by atoms with van der Waals surface area (Å²) in [7, 11) is 0. The smallest absolute Gasteiger partial charge is 0.235 e. The maximum Gasteiger partial charge on any atom is 0.235 e. The van der Waals surface area contributed by atoms with Gasteiger partial charge in [0.25, 0.3) is 0 Å². The van der Waals surface area contributed by atoms with Crippen molar-refractivity contribution in [2.45, 2.75) is 46.0 Å². The Bertz CT molecular complexity index is 1290. The van der Waals surface area contributed by atoms with Gasteiger partial charge in [-0.15, -0.1) is 0 Å². The molecule has 1 aliphatic heterocycles. The molecule has 1 aromatic carbocycles. The molecule has 2 aromatic rings. The lowest BCUT2D eigenvalue weighted by Crippen LogP contribution is -2.46. The molecular formula is C26H33BrN8O5. The number of carbonyl (C=O) groups is 5. The molecule has 1 saturated heterocycles. The predicted molar refractivity (Wildman–Crippen MR) is 152 cm³/mol. The van der Waals surface area contributed by atoms with Gasteiger partial charge in [0, 0.05) is 56.5 Å². The molecule has 5 amide bonds. The Balaban J connectivity index is 1.48. The van der Waals surface area contributed by atoms with E-state index in [-0.39, 0.29) is 30.6 Å². The summed E-state index contributed by atoms with van der Waals surface area (Å²) in [6.45, 7) is 4.20. The Morgan fingerprint density at radius 1 is 1.12 bits per heavy atom. The molecule has 0 radical (unpaired) electrons. The largest absolute Gasteiger partial charge is 0.369 e. The van der Waals surface area contributed by atoms with E-state index >= 15 is 0 Å². The third-order valence-corrected chi connectivity index (χ3v) is 6.78. The van der Waals surface area contributed by atoms with Crippen LogP contribution in [0.15, 0.2) is 34.9 Å². The summed E-state index contributed by atoms with van der Waals surface area (Å²) in [6, 6.07) is 6.96. The molecule has 0 spiro atoms. The number of nitrogens with one attached hydrogen (secondary N) is 4. The molecule has 2 heterocycles. The van der Waals surface area contributed by atoms with E-state index in [9.17, 15) is 24.0 Å². The molecule has 14 heteroatoms. The number of amides is 5. The van der Waals surface area contributed by atoms with E-state index in [2.05, 4.69) is 47.2 Å². The minimum atomic E-state index is -1.28. The summed E-state index contributed by atoms with van der Waals surface area (Å²) in [5, 5.41) is 11.7. The summed E-state index contributed by atoms with van der Waals surface area (Å²) < 4.78 is 0.642. The van der Waals surface area contributed by atoms with Gasteiger partial charge in [-0.2, -0.15) is 4.98 Å². The van der Waals surface area contributed by atoms with Crippen molar-refractivity contribution in [3.8, 4) is 0 Å². The first-order valence-corrected chi connectivity index (χ1v) is 13.6. The summed E-state index contributed by atoms with van der Waals surface area (Å²) in [6.07, 6.45) is 3.13. The molecule has 0 unspecified atom stereocenters. The van der Waals surface area contributed by atoms with Gasteiger partial charge in [0.1, 0.15) is 11.2 Å². The van der Waals surface area contributed by atoms with Crippen molar-refractivity contribution >= 4 is 68.6 Å². The van der Waals surface area contributed by atoms with E-state index in [1.165, 1.54) is 18.7 Å². The first-order chi connectivity index (χ1) is 19.0. The van der Waals surface area contributed by atoms with E-state index in [0.29, 0.717) is 66.5 Å². The van der Waals surface area contributed by atoms with Gasteiger partial charge in [0.05, 0.1) is 4.47 Å². The number of hydrogen-bond donors (Lipinski definition) is 5. The molecule has 13 nitrogen and oxygen atoms in total. The molecule has 0 atom stereocenters. The van der Waals surface area contributed by atoms with Crippen LogP contribution in [0.4, 0.5) is 23.1 Å². The molecule has 6 N–H and O–H groups in total. The van der Waals surface area contributed by atoms with Crippen LogP contribution in [0, 0.1) is 5.41 Å². The molecule has 40 heavy (non-hydrogen) atoms. The Hall–Kier alpha value is -4.07. The van der Waals surface area contributed by atoms with Gasteiger partial charge >= 0.3 is 0 Å². The molecule has 1 aliphatic rings. The molecule has 0 aliphatic carbocycles. The summed E-state index contributed by atoms with van der Waals surface area (Å²) >= 11 is 3.41. The highest BCUT2D eigenvalue weighted by Gasteiger charge is 2.33. The third kappa shape index (κ3) is 8.46. The van der Waals surface area contributed by atoms with Crippen LogP contribution in [0.1, 0.15) is 46.0 Å². The van der Waals surface area contributed by atoms with E-state index in [0.717, 1.165) is 0 Å². The molecule has 1 fully saturated rings. The van der Waals surface area contributed by atoms with Gasteiger partial charge in [-0.1, -0.05) is 6.07 Å². The zero-order valence-electron chi connectivity index (χ0n) is 22.4. The number of aromatic nitrogens is 2. The van der Waals surface area contributed by atoms with Crippen molar-refractivity contribution in [3.63, 3.8) is 0 Å². The fourth-order valence-corrected chi connectivity index (χ4v) is 4.01. The first kappa shape index (κ1) is 30.5. The summed E-state index contributed by atoms with van der Waals surface area (Å²) in [4.78, 5) is 69.6. The molecule has 214 valence electrons. The Labute approximate surface area is 240 Å². The maximum absolute atomic E-state index is 12.4. The summed E-state index contributed by atoms with van der Waals surface area (Å²) in [5.41, 5.74) is 5.13. The minimum Gasteiger partial charge on any atom is -0.369 e. The van der Waals surface area contributed by atoms with Crippen LogP contribution in [-0.4, -0.2) is 64.0 Å². The third-order valence-electron chi connectivity index (χ3n) is 6.20. The minimum absolute atomic E-state index is 0.0301. The molecular weight excluding hydrogens is 584 g/mol. The van der Waals surface area contributed by atoms with Crippen molar-refractivity contribution < 1.29 is 24.0 Å². The van der Waals surface area contributed by atoms with Gasteiger partial charge in [0.15, 0.2) is 0 Å². The quantitative estimate of drug-likeness (QED) is 0.166. The van der Waals surface area contributed by atoms with Crippen molar-refractivity contribution in [1.29, 1.82) is 0 Å². The highest BCUT2D eigenvalue weighted by atomic mass is 79.9. The fraction of sp³-hybridized carbons (Fsp3) is 0.423. The molecule has 0 saturated carbocycles. The van der Waals surface area contributed by atoms with E-state index < -0.39 is 17.2 Å². The number of anilines is 4. The average molecular weight is 618 g/mol. The molecule has 1 aromatic heterocycles. The standard InChI is InChI=1S/C26H33BrN8O5/c1-26(2,23(28)39)24(40)30-12-5-11-29-22-18(27)15-31-25(34-22)33-17-7-3-6-16(14-17)32-19(36)9-10-21(38)35-13-4-8-20(35)37/h3,6-7,14-15H,4-5,8-13H2,1-2H3,(H2,28,39)(H,30,40)(H,32,36)(H2,29,31,33,34). The fourth-order valence-electron chi connectivity index (χ4n) is 3.68. The SMILES string of the molecule is CC(C)(C(N)=O)C(=O)NCCCNc1nc(Nc2cccc(NC(=O)CCC(=O)N3CCCC3=O)c2)ncc1Br. The number of benzene rings is 1. The zero-order chi connectivity index (χ0) is 29.3. The Kier molecular flexibility index (Phi) is 10.5. The monoisotopic (exact) mass is 616 g/mol. The zero-order valence-corrected chi connectivity index (χ0v) is 24.0. The van der Waals surface area contributed by atoms with Crippen LogP contribution < -0.4 is 27.0 Å². The van der Waals surface area contributed by atoms with Crippen LogP contribution in [0.25, 0.3) is 0 Å². The van der Waals surface area contributed by atoms with Crippen LogP contribution >= 0.6 is 15.9 Å². The number of likely N-dealkylation sites (tertiary alicyclic amines) is 1. The van der Waals surface area contributed by atoms with Crippen molar-refractivity contribution in [3.05, 3.63) is 34.9 Å². The summed E-state index contributed by atoms with van der Waals surface area (Å²) in [5.74, 6) is -1.13. The second-order valence-electron chi connectivity index (χ2n) is 9.71.